The standard InChI is InChI=1S/C11H14N4O/c1-15-9(5-7-14-15)8-13-10-4-3-6-12-11(10)16-2/h3-7,13H,8H2,1-2H3. The summed E-state index contributed by atoms with van der Waals surface area (Å²) in [4.78, 5) is 4.11. The second-order valence-corrected chi connectivity index (χ2v) is 3.36. The zero-order chi connectivity index (χ0) is 11.4. The maximum atomic E-state index is 5.15. The number of methoxy groups -OCH3 is 1. The molecule has 16 heavy (non-hydrogen) atoms. The second-order valence-electron chi connectivity index (χ2n) is 3.36. The Kier molecular flexibility index (Phi) is 3.05. The molecule has 0 atom stereocenters. The lowest BCUT2D eigenvalue weighted by Crippen LogP contribution is -2.06. The highest BCUT2D eigenvalue weighted by molar-refractivity contribution is 5.51. The maximum absolute atomic E-state index is 5.15. The fourth-order valence-corrected chi connectivity index (χ4v) is 1.45. The van der Waals surface area contributed by atoms with Crippen LogP contribution in [0.25, 0.3) is 0 Å². The highest BCUT2D eigenvalue weighted by Gasteiger charge is 2.03. The van der Waals surface area contributed by atoms with Gasteiger partial charge in [-0.2, -0.15) is 5.10 Å². The quantitative estimate of drug-likeness (QED) is 0.843. The molecule has 0 aliphatic heterocycles. The lowest BCUT2D eigenvalue weighted by molar-refractivity contribution is 0.399. The lowest BCUT2D eigenvalue weighted by Gasteiger charge is -2.09. The predicted octanol–water partition coefficient (Wildman–Crippen LogP) is 1.44. The molecule has 2 aromatic rings. The number of aromatic nitrogens is 3. The van der Waals surface area contributed by atoms with Crippen LogP contribution < -0.4 is 10.1 Å². The Morgan fingerprint density at radius 3 is 2.94 bits per heavy atom. The molecule has 0 saturated heterocycles. The minimum Gasteiger partial charge on any atom is -0.480 e. The van der Waals surface area contributed by atoms with Crippen LogP contribution in [0.3, 0.4) is 0 Å². The van der Waals surface area contributed by atoms with E-state index in [1.54, 1.807) is 19.5 Å². The number of anilines is 1. The largest absolute Gasteiger partial charge is 0.480 e. The molecule has 0 fully saturated rings. The number of nitrogens with zero attached hydrogens (tertiary/aromatic N) is 3. The van der Waals surface area contributed by atoms with Gasteiger partial charge in [0.2, 0.25) is 5.88 Å². The van der Waals surface area contributed by atoms with Gasteiger partial charge in [0, 0.05) is 19.4 Å². The molecule has 2 aromatic heterocycles. The molecule has 0 unspecified atom stereocenters. The van der Waals surface area contributed by atoms with Crippen molar-refractivity contribution < 1.29 is 4.74 Å². The Bertz CT molecular complexity index is 467. The van der Waals surface area contributed by atoms with Crippen molar-refractivity contribution >= 4 is 5.69 Å². The van der Waals surface area contributed by atoms with E-state index in [9.17, 15) is 0 Å². The van der Waals surface area contributed by atoms with Crippen molar-refractivity contribution in [3.05, 3.63) is 36.3 Å². The van der Waals surface area contributed by atoms with Gasteiger partial charge in [-0.05, 0) is 18.2 Å². The second kappa shape index (κ2) is 4.65. The first-order valence-electron chi connectivity index (χ1n) is 5.01. The maximum Gasteiger partial charge on any atom is 0.237 e. The highest BCUT2D eigenvalue weighted by atomic mass is 16.5. The van der Waals surface area contributed by atoms with Gasteiger partial charge in [0.1, 0.15) is 0 Å². The van der Waals surface area contributed by atoms with Gasteiger partial charge in [-0.1, -0.05) is 0 Å². The van der Waals surface area contributed by atoms with E-state index in [1.807, 2.05) is 29.9 Å². The number of pyridine rings is 1. The van der Waals surface area contributed by atoms with Crippen LogP contribution in [0.2, 0.25) is 0 Å². The fraction of sp³-hybridized carbons (Fsp3) is 0.273. The Hall–Kier alpha value is -2.04. The first kappa shape index (κ1) is 10.5. The molecule has 2 rings (SSSR count). The van der Waals surface area contributed by atoms with Gasteiger partial charge in [-0.15, -0.1) is 0 Å². The summed E-state index contributed by atoms with van der Waals surface area (Å²) >= 11 is 0. The number of rotatable bonds is 4. The van der Waals surface area contributed by atoms with E-state index in [4.69, 9.17) is 4.74 Å². The topological polar surface area (TPSA) is 52.0 Å². The molecule has 2 heterocycles. The predicted molar refractivity (Wildman–Crippen MR) is 61.3 cm³/mol. The molecule has 5 nitrogen and oxygen atoms in total. The molecule has 0 radical (unpaired) electrons. The van der Waals surface area contributed by atoms with Gasteiger partial charge in [0.25, 0.3) is 0 Å². The SMILES string of the molecule is COc1ncccc1NCc1ccnn1C. The third kappa shape index (κ3) is 2.13. The van der Waals surface area contributed by atoms with Gasteiger partial charge in [0.05, 0.1) is 25.0 Å². The Morgan fingerprint density at radius 1 is 1.38 bits per heavy atom. The van der Waals surface area contributed by atoms with Crippen LogP contribution in [0.1, 0.15) is 5.69 Å². The summed E-state index contributed by atoms with van der Waals surface area (Å²) in [6, 6.07) is 5.77. The number of ether oxygens (including phenoxy) is 1. The van der Waals surface area contributed by atoms with E-state index in [-0.39, 0.29) is 0 Å². The van der Waals surface area contributed by atoms with E-state index in [0.717, 1.165) is 11.4 Å². The number of nitrogens with one attached hydrogen (secondary N) is 1. The van der Waals surface area contributed by atoms with Crippen molar-refractivity contribution in [2.45, 2.75) is 6.54 Å². The van der Waals surface area contributed by atoms with Crippen molar-refractivity contribution in [1.82, 2.24) is 14.8 Å². The van der Waals surface area contributed by atoms with Crippen LogP contribution in [0.15, 0.2) is 30.6 Å². The summed E-state index contributed by atoms with van der Waals surface area (Å²) in [5.41, 5.74) is 1.98. The van der Waals surface area contributed by atoms with E-state index in [0.29, 0.717) is 12.4 Å². The van der Waals surface area contributed by atoms with E-state index < -0.39 is 0 Å². The molecule has 0 aliphatic rings. The van der Waals surface area contributed by atoms with Gasteiger partial charge < -0.3 is 10.1 Å². The van der Waals surface area contributed by atoms with Crippen LogP contribution in [0, 0.1) is 0 Å². The van der Waals surface area contributed by atoms with Crippen molar-refractivity contribution in [2.24, 2.45) is 7.05 Å². The molecule has 5 heteroatoms. The van der Waals surface area contributed by atoms with Crippen molar-refractivity contribution in [3.8, 4) is 5.88 Å². The normalized spacial score (nSPS) is 10.1. The van der Waals surface area contributed by atoms with Crippen LogP contribution in [-0.2, 0) is 13.6 Å². The van der Waals surface area contributed by atoms with Crippen LogP contribution in [0.5, 0.6) is 5.88 Å². The average molecular weight is 218 g/mol. The van der Waals surface area contributed by atoms with E-state index in [2.05, 4.69) is 15.4 Å². The van der Waals surface area contributed by atoms with Gasteiger partial charge in [-0.25, -0.2) is 4.98 Å². The fourth-order valence-electron chi connectivity index (χ4n) is 1.45. The van der Waals surface area contributed by atoms with Crippen LogP contribution in [-0.4, -0.2) is 21.9 Å². The number of hydrogen-bond acceptors (Lipinski definition) is 4. The first-order chi connectivity index (χ1) is 7.81. The monoisotopic (exact) mass is 218 g/mol. The van der Waals surface area contributed by atoms with Crippen molar-refractivity contribution in [1.29, 1.82) is 0 Å². The summed E-state index contributed by atoms with van der Waals surface area (Å²) in [6.07, 6.45) is 3.48. The van der Waals surface area contributed by atoms with Crippen LogP contribution >= 0.6 is 0 Å². The molecular formula is C11H14N4O. The number of hydrogen-bond donors (Lipinski definition) is 1. The minimum atomic E-state index is 0.602. The molecule has 0 aliphatic carbocycles. The van der Waals surface area contributed by atoms with Crippen molar-refractivity contribution in [3.63, 3.8) is 0 Å². The molecular weight excluding hydrogens is 204 g/mol. The molecule has 1 N–H and O–H groups in total. The summed E-state index contributed by atoms with van der Waals surface area (Å²) in [6.45, 7) is 0.693. The molecule has 0 spiro atoms. The molecule has 84 valence electrons. The van der Waals surface area contributed by atoms with E-state index >= 15 is 0 Å². The molecule has 0 saturated carbocycles. The average Bonchev–Trinajstić information content (AvgIpc) is 2.72. The van der Waals surface area contributed by atoms with E-state index in [1.165, 1.54) is 0 Å². The zero-order valence-electron chi connectivity index (χ0n) is 9.34. The first-order valence-corrected chi connectivity index (χ1v) is 5.01. The van der Waals surface area contributed by atoms with Crippen molar-refractivity contribution in [2.75, 3.05) is 12.4 Å². The molecule has 0 bridgehead atoms. The summed E-state index contributed by atoms with van der Waals surface area (Å²) in [7, 11) is 3.52. The van der Waals surface area contributed by atoms with Crippen LogP contribution in [0.4, 0.5) is 5.69 Å². The van der Waals surface area contributed by atoms with Gasteiger partial charge >= 0.3 is 0 Å². The summed E-state index contributed by atoms with van der Waals surface area (Å²) in [5.74, 6) is 0.602. The Labute approximate surface area is 94.1 Å². The lowest BCUT2D eigenvalue weighted by atomic mass is 10.3. The minimum absolute atomic E-state index is 0.602. The molecule has 0 amide bonds. The Balaban J connectivity index is 2.07. The number of aryl methyl sites for hydroxylation is 1. The molecule has 0 aromatic carbocycles. The third-order valence-electron chi connectivity index (χ3n) is 2.35. The highest BCUT2D eigenvalue weighted by Crippen LogP contribution is 2.20. The third-order valence-corrected chi connectivity index (χ3v) is 2.35. The van der Waals surface area contributed by atoms with Gasteiger partial charge in [-0.3, -0.25) is 4.68 Å². The zero-order valence-corrected chi connectivity index (χ0v) is 9.34. The summed E-state index contributed by atoms with van der Waals surface area (Å²) < 4.78 is 6.98. The summed E-state index contributed by atoms with van der Waals surface area (Å²) in [5, 5.41) is 7.36. The van der Waals surface area contributed by atoms with Gasteiger partial charge in [0.15, 0.2) is 0 Å². The smallest absolute Gasteiger partial charge is 0.237 e. The Morgan fingerprint density at radius 2 is 2.25 bits per heavy atom.